The van der Waals surface area contributed by atoms with E-state index in [1.807, 2.05) is 24.3 Å². The van der Waals surface area contributed by atoms with Gasteiger partial charge in [0.2, 0.25) is 0 Å². The average Bonchev–Trinajstić information content (AvgIpc) is 2.92. The number of benzene rings is 5. The molecule has 5 rings (SSSR count). The summed E-state index contributed by atoms with van der Waals surface area (Å²) in [5, 5.41) is 23.0. The molecule has 0 fully saturated rings. The van der Waals surface area contributed by atoms with Crippen LogP contribution < -0.4 is 18.9 Å². The van der Waals surface area contributed by atoms with Gasteiger partial charge in [0.15, 0.2) is 23.0 Å². The third-order valence-electron chi connectivity index (χ3n) is 5.99. The third kappa shape index (κ3) is 4.87. The Balaban J connectivity index is 1.37. The molecule has 8 heteroatoms. The predicted octanol–water partition coefficient (Wildman–Crippen LogP) is 5.86. The SMILES string of the molecule is COc1cc(C(=O)Oc2ccc3cc4cc(OC(=O)c5ccc(O)c(OC)c5)ccc4cc3c2)ccc1O. The highest BCUT2D eigenvalue weighted by molar-refractivity contribution is 6.00. The van der Waals surface area contributed by atoms with Gasteiger partial charge in [0.1, 0.15) is 11.5 Å². The smallest absolute Gasteiger partial charge is 0.343 e. The van der Waals surface area contributed by atoms with Crippen LogP contribution >= 0.6 is 0 Å². The van der Waals surface area contributed by atoms with E-state index in [1.54, 1.807) is 24.3 Å². The van der Waals surface area contributed by atoms with E-state index in [0.717, 1.165) is 21.5 Å². The maximum atomic E-state index is 12.6. The zero-order valence-corrected chi connectivity index (χ0v) is 20.4. The third-order valence-corrected chi connectivity index (χ3v) is 5.99. The van der Waals surface area contributed by atoms with Crippen molar-refractivity contribution in [3.8, 4) is 34.5 Å². The van der Waals surface area contributed by atoms with E-state index in [4.69, 9.17) is 18.9 Å². The van der Waals surface area contributed by atoms with Gasteiger partial charge in [0.05, 0.1) is 25.3 Å². The van der Waals surface area contributed by atoms with E-state index in [9.17, 15) is 19.8 Å². The zero-order chi connectivity index (χ0) is 26.8. The number of phenolic OH excluding ortho intramolecular Hbond substituents is 2. The van der Waals surface area contributed by atoms with Crippen molar-refractivity contribution in [2.75, 3.05) is 14.2 Å². The fraction of sp³-hybridized carbons (Fsp3) is 0.0667. The van der Waals surface area contributed by atoms with Gasteiger partial charge in [-0.15, -0.1) is 0 Å². The Morgan fingerprint density at radius 3 is 1.34 bits per heavy atom. The molecule has 0 saturated carbocycles. The average molecular weight is 510 g/mol. The second kappa shape index (κ2) is 10.0. The van der Waals surface area contributed by atoms with Crippen LogP contribution in [0.3, 0.4) is 0 Å². The first-order chi connectivity index (χ1) is 18.3. The molecule has 0 bridgehead atoms. The van der Waals surface area contributed by atoms with Crippen LogP contribution in [-0.4, -0.2) is 36.4 Å². The molecular formula is C30H22O8. The summed E-state index contributed by atoms with van der Waals surface area (Å²) in [6, 6.07) is 22.9. The highest BCUT2D eigenvalue weighted by Crippen LogP contribution is 2.31. The molecule has 0 atom stereocenters. The molecular weight excluding hydrogens is 488 g/mol. The minimum atomic E-state index is -0.582. The van der Waals surface area contributed by atoms with Gasteiger partial charge >= 0.3 is 11.9 Å². The number of methoxy groups -OCH3 is 2. The van der Waals surface area contributed by atoms with E-state index in [-0.39, 0.29) is 34.1 Å². The molecule has 0 unspecified atom stereocenters. The molecule has 8 nitrogen and oxygen atoms in total. The van der Waals surface area contributed by atoms with Crippen LogP contribution in [0.2, 0.25) is 0 Å². The summed E-state index contributed by atoms with van der Waals surface area (Å²) in [7, 11) is 2.80. The normalized spacial score (nSPS) is 10.8. The molecule has 2 N–H and O–H groups in total. The topological polar surface area (TPSA) is 112 Å². The summed E-state index contributed by atoms with van der Waals surface area (Å²) in [5.41, 5.74) is 0.483. The molecule has 5 aromatic carbocycles. The van der Waals surface area contributed by atoms with E-state index in [1.165, 1.54) is 50.6 Å². The minimum Gasteiger partial charge on any atom is -0.504 e. The number of rotatable bonds is 6. The van der Waals surface area contributed by atoms with Crippen LogP contribution in [0.4, 0.5) is 0 Å². The van der Waals surface area contributed by atoms with Gasteiger partial charge in [0.25, 0.3) is 0 Å². The highest BCUT2D eigenvalue weighted by atomic mass is 16.5. The van der Waals surface area contributed by atoms with E-state index >= 15 is 0 Å². The van der Waals surface area contributed by atoms with Crippen molar-refractivity contribution in [2.45, 2.75) is 0 Å². The largest absolute Gasteiger partial charge is 0.504 e. The maximum absolute atomic E-state index is 12.6. The second-order valence-electron chi connectivity index (χ2n) is 8.42. The van der Waals surface area contributed by atoms with E-state index in [2.05, 4.69) is 0 Å². The minimum absolute atomic E-state index is 0.0693. The summed E-state index contributed by atoms with van der Waals surface area (Å²) < 4.78 is 21.2. The molecule has 190 valence electrons. The Morgan fingerprint density at radius 2 is 0.947 bits per heavy atom. The second-order valence-corrected chi connectivity index (χ2v) is 8.42. The van der Waals surface area contributed by atoms with Crippen molar-refractivity contribution in [3.63, 3.8) is 0 Å². The van der Waals surface area contributed by atoms with Crippen molar-refractivity contribution in [1.82, 2.24) is 0 Å². The number of hydrogen-bond acceptors (Lipinski definition) is 8. The number of hydrogen-bond donors (Lipinski definition) is 2. The van der Waals surface area contributed by atoms with Crippen LogP contribution in [0.25, 0.3) is 21.5 Å². The summed E-state index contributed by atoms with van der Waals surface area (Å²) in [6.07, 6.45) is 0. The maximum Gasteiger partial charge on any atom is 0.343 e. The first-order valence-corrected chi connectivity index (χ1v) is 11.5. The molecule has 0 aromatic heterocycles. The lowest BCUT2D eigenvalue weighted by Gasteiger charge is -2.10. The monoisotopic (exact) mass is 510 g/mol. The van der Waals surface area contributed by atoms with Crippen molar-refractivity contribution >= 4 is 33.5 Å². The van der Waals surface area contributed by atoms with Gasteiger partial charge in [-0.3, -0.25) is 0 Å². The summed E-state index contributed by atoms with van der Waals surface area (Å²) in [4.78, 5) is 25.2. The van der Waals surface area contributed by atoms with Crippen molar-refractivity contribution < 1.29 is 38.7 Å². The van der Waals surface area contributed by atoms with Gasteiger partial charge in [-0.05, 0) is 94.3 Å². The Morgan fingerprint density at radius 1 is 0.526 bits per heavy atom. The molecule has 0 aliphatic heterocycles. The first kappa shape index (κ1) is 24.5. The first-order valence-electron chi connectivity index (χ1n) is 11.5. The summed E-state index contributed by atoms with van der Waals surface area (Å²) in [5.74, 6) is -0.218. The Bertz CT molecular complexity index is 1580. The number of ether oxygens (including phenoxy) is 4. The molecule has 0 spiro atoms. The van der Waals surface area contributed by atoms with Gasteiger partial charge in [-0.2, -0.15) is 0 Å². The van der Waals surface area contributed by atoms with Crippen LogP contribution in [0.1, 0.15) is 20.7 Å². The Hall–Kier alpha value is -5.24. The lowest BCUT2D eigenvalue weighted by molar-refractivity contribution is 0.0725. The van der Waals surface area contributed by atoms with Crippen molar-refractivity contribution in [1.29, 1.82) is 0 Å². The van der Waals surface area contributed by atoms with Crippen LogP contribution in [0.15, 0.2) is 84.9 Å². The number of aromatic hydroxyl groups is 2. The van der Waals surface area contributed by atoms with Crippen LogP contribution in [-0.2, 0) is 0 Å². The van der Waals surface area contributed by atoms with Gasteiger partial charge in [-0.1, -0.05) is 12.1 Å². The lowest BCUT2D eigenvalue weighted by Crippen LogP contribution is -2.08. The summed E-state index contributed by atoms with van der Waals surface area (Å²) >= 11 is 0. The van der Waals surface area contributed by atoms with Gasteiger partial charge in [-0.25, -0.2) is 9.59 Å². The van der Waals surface area contributed by atoms with E-state index in [0.29, 0.717) is 11.5 Å². The predicted molar refractivity (Wildman–Crippen MR) is 141 cm³/mol. The molecule has 0 aliphatic carbocycles. The van der Waals surface area contributed by atoms with Crippen LogP contribution in [0.5, 0.6) is 34.5 Å². The standard InChI is InChI=1S/C30H22O8/c1-35-27-15-19(5-9-25(27)31)29(33)37-23-7-3-17-12-22-14-24(8-4-18(22)11-21(17)13-23)38-30(34)20-6-10-26(32)28(16-20)36-2/h3-16,31-32H,1-2H3. The Labute approximate surface area is 217 Å². The summed E-state index contributed by atoms with van der Waals surface area (Å²) in [6.45, 7) is 0. The molecule has 0 heterocycles. The number of phenols is 2. The van der Waals surface area contributed by atoms with Crippen molar-refractivity contribution in [2.24, 2.45) is 0 Å². The number of fused-ring (bicyclic) bond motifs is 2. The number of carbonyl (C=O) groups is 2. The zero-order valence-electron chi connectivity index (χ0n) is 20.4. The molecule has 0 radical (unpaired) electrons. The fourth-order valence-electron chi connectivity index (χ4n) is 4.02. The number of carbonyl (C=O) groups excluding carboxylic acids is 2. The molecule has 0 aliphatic rings. The Kier molecular flexibility index (Phi) is 6.45. The molecule has 0 amide bonds. The van der Waals surface area contributed by atoms with Crippen LogP contribution in [0, 0.1) is 0 Å². The lowest BCUT2D eigenvalue weighted by atomic mass is 10.0. The highest BCUT2D eigenvalue weighted by Gasteiger charge is 2.14. The number of esters is 2. The van der Waals surface area contributed by atoms with Crippen molar-refractivity contribution in [3.05, 3.63) is 96.1 Å². The van der Waals surface area contributed by atoms with Gasteiger partial charge < -0.3 is 29.2 Å². The quantitative estimate of drug-likeness (QED) is 0.166. The van der Waals surface area contributed by atoms with Gasteiger partial charge in [0, 0.05) is 0 Å². The molecule has 0 saturated heterocycles. The molecule has 38 heavy (non-hydrogen) atoms. The van der Waals surface area contributed by atoms with E-state index < -0.39 is 11.9 Å². The fourth-order valence-corrected chi connectivity index (χ4v) is 4.02. The molecule has 5 aromatic rings.